The Balaban J connectivity index is 2.61. The van der Waals surface area contributed by atoms with Gasteiger partial charge >= 0.3 is 0 Å². The maximum atomic E-state index is 9.67. The third kappa shape index (κ3) is 2.02. The first-order chi connectivity index (χ1) is 7.22. The van der Waals surface area contributed by atoms with Gasteiger partial charge in [-0.1, -0.05) is 18.2 Å². The maximum absolute atomic E-state index is 9.67. The van der Waals surface area contributed by atoms with Crippen LogP contribution in [-0.4, -0.2) is 16.6 Å². The molecule has 15 heavy (non-hydrogen) atoms. The van der Waals surface area contributed by atoms with Crippen molar-refractivity contribution in [2.75, 3.05) is 6.54 Å². The molecule has 1 unspecified atom stereocenters. The van der Waals surface area contributed by atoms with Gasteiger partial charge in [-0.2, -0.15) is 0 Å². The average Bonchev–Trinajstić information content (AvgIpc) is 2.27. The Labute approximate surface area is 96.1 Å². The summed E-state index contributed by atoms with van der Waals surface area (Å²) in [4.78, 5) is 4.35. The van der Waals surface area contributed by atoms with E-state index >= 15 is 0 Å². The SMILES string of the molecule is NCC(O)c1cc2ccccc2nc1Br. The van der Waals surface area contributed by atoms with Gasteiger partial charge in [0.25, 0.3) is 0 Å². The zero-order valence-electron chi connectivity index (χ0n) is 8.02. The Bertz CT molecular complexity index is 487. The molecular weight excluding hydrogens is 256 g/mol. The zero-order chi connectivity index (χ0) is 10.8. The highest BCUT2D eigenvalue weighted by Gasteiger charge is 2.11. The monoisotopic (exact) mass is 266 g/mol. The predicted molar refractivity (Wildman–Crippen MR) is 63.5 cm³/mol. The highest BCUT2D eigenvalue weighted by Crippen LogP contribution is 2.25. The fourth-order valence-electron chi connectivity index (χ4n) is 1.47. The summed E-state index contributed by atoms with van der Waals surface area (Å²) in [6.45, 7) is 0.193. The minimum absolute atomic E-state index is 0.193. The number of rotatable bonds is 2. The molecule has 0 saturated heterocycles. The molecule has 1 atom stereocenters. The number of aliphatic hydroxyl groups is 1. The number of nitrogens with zero attached hydrogens (tertiary/aromatic N) is 1. The highest BCUT2D eigenvalue weighted by atomic mass is 79.9. The summed E-state index contributed by atoms with van der Waals surface area (Å²) in [7, 11) is 0. The van der Waals surface area contributed by atoms with Crippen molar-refractivity contribution in [3.05, 3.63) is 40.5 Å². The first kappa shape index (κ1) is 10.5. The van der Waals surface area contributed by atoms with Crippen molar-refractivity contribution < 1.29 is 5.11 Å². The Morgan fingerprint density at radius 2 is 2.13 bits per heavy atom. The van der Waals surface area contributed by atoms with Crippen LogP contribution < -0.4 is 5.73 Å². The molecule has 78 valence electrons. The van der Waals surface area contributed by atoms with Gasteiger partial charge in [0.2, 0.25) is 0 Å². The first-order valence-corrected chi connectivity index (χ1v) is 5.45. The van der Waals surface area contributed by atoms with Gasteiger partial charge in [0.05, 0.1) is 11.6 Å². The molecule has 1 heterocycles. The molecule has 0 aliphatic carbocycles. The number of nitrogens with two attached hydrogens (primary N) is 1. The molecule has 2 rings (SSSR count). The molecule has 0 aliphatic rings. The van der Waals surface area contributed by atoms with Crippen LogP contribution in [0, 0.1) is 0 Å². The number of halogens is 1. The van der Waals surface area contributed by atoms with Crippen LogP contribution in [0.1, 0.15) is 11.7 Å². The number of benzene rings is 1. The van der Waals surface area contributed by atoms with Crippen LogP contribution in [0.2, 0.25) is 0 Å². The minimum Gasteiger partial charge on any atom is -0.387 e. The molecule has 0 radical (unpaired) electrons. The van der Waals surface area contributed by atoms with E-state index in [-0.39, 0.29) is 6.54 Å². The molecule has 0 fully saturated rings. The van der Waals surface area contributed by atoms with Crippen molar-refractivity contribution in [3.63, 3.8) is 0 Å². The van der Waals surface area contributed by atoms with Crippen LogP contribution in [0.25, 0.3) is 10.9 Å². The third-order valence-electron chi connectivity index (χ3n) is 2.29. The molecule has 2 aromatic rings. The van der Waals surface area contributed by atoms with Crippen molar-refractivity contribution >= 4 is 26.8 Å². The van der Waals surface area contributed by atoms with E-state index in [9.17, 15) is 5.11 Å². The third-order valence-corrected chi connectivity index (χ3v) is 2.92. The smallest absolute Gasteiger partial charge is 0.112 e. The van der Waals surface area contributed by atoms with Crippen LogP contribution in [0.4, 0.5) is 0 Å². The summed E-state index contributed by atoms with van der Waals surface area (Å²) in [5.41, 5.74) is 7.05. The lowest BCUT2D eigenvalue weighted by Gasteiger charge is -2.10. The van der Waals surface area contributed by atoms with E-state index < -0.39 is 6.10 Å². The fourth-order valence-corrected chi connectivity index (χ4v) is 2.04. The van der Waals surface area contributed by atoms with Crippen molar-refractivity contribution in [2.45, 2.75) is 6.10 Å². The van der Waals surface area contributed by atoms with Crippen LogP contribution in [0.3, 0.4) is 0 Å². The van der Waals surface area contributed by atoms with Crippen molar-refractivity contribution in [2.24, 2.45) is 5.73 Å². The van der Waals surface area contributed by atoms with Crippen molar-refractivity contribution in [1.82, 2.24) is 4.98 Å². The van der Waals surface area contributed by atoms with E-state index in [0.29, 0.717) is 4.60 Å². The number of aliphatic hydroxyl groups excluding tert-OH is 1. The normalized spacial score (nSPS) is 13.0. The maximum Gasteiger partial charge on any atom is 0.112 e. The summed E-state index contributed by atoms with van der Waals surface area (Å²) in [5.74, 6) is 0. The summed E-state index contributed by atoms with van der Waals surface area (Å²) in [6, 6.07) is 9.67. The standard InChI is InChI=1S/C11H11BrN2O/c12-11-8(10(15)6-13)5-7-3-1-2-4-9(7)14-11/h1-5,10,15H,6,13H2. The van der Waals surface area contributed by atoms with Gasteiger partial charge in [-0.05, 0) is 28.1 Å². The molecule has 4 heteroatoms. The van der Waals surface area contributed by atoms with E-state index in [2.05, 4.69) is 20.9 Å². The fraction of sp³-hybridized carbons (Fsp3) is 0.182. The number of para-hydroxylation sites is 1. The number of fused-ring (bicyclic) bond motifs is 1. The lowest BCUT2D eigenvalue weighted by atomic mass is 10.1. The molecule has 3 N–H and O–H groups in total. The summed E-state index contributed by atoms with van der Waals surface area (Å²) in [5, 5.41) is 10.7. The first-order valence-electron chi connectivity index (χ1n) is 4.65. The van der Waals surface area contributed by atoms with Gasteiger partial charge in [0.15, 0.2) is 0 Å². The molecule has 0 spiro atoms. The molecule has 1 aromatic heterocycles. The average molecular weight is 267 g/mol. The quantitative estimate of drug-likeness (QED) is 0.818. The Morgan fingerprint density at radius 3 is 2.87 bits per heavy atom. The summed E-state index contributed by atoms with van der Waals surface area (Å²) >= 11 is 3.33. The van der Waals surface area contributed by atoms with Gasteiger partial charge in [-0.25, -0.2) is 4.98 Å². The molecule has 0 bridgehead atoms. The Hall–Kier alpha value is -0.970. The molecule has 1 aromatic carbocycles. The number of aromatic nitrogens is 1. The molecule has 0 aliphatic heterocycles. The summed E-state index contributed by atoms with van der Waals surface area (Å²) in [6.07, 6.45) is -0.670. The van der Waals surface area contributed by atoms with Crippen LogP contribution >= 0.6 is 15.9 Å². The summed E-state index contributed by atoms with van der Waals surface area (Å²) < 4.78 is 0.652. The van der Waals surface area contributed by atoms with Gasteiger partial charge in [0, 0.05) is 17.5 Å². The highest BCUT2D eigenvalue weighted by molar-refractivity contribution is 9.10. The van der Waals surface area contributed by atoms with Crippen LogP contribution in [0.15, 0.2) is 34.9 Å². The molecule has 0 saturated carbocycles. The zero-order valence-corrected chi connectivity index (χ0v) is 9.61. The number of hydrogen-bond donors (Lipinski definition) is 2. The van der Waals surface area contributed by atoms with Crippen LogP contribution in [-0.2, 0) is 0 Å². The van der Waals surface area contributed by atoms with Crippen molar-refractivity contribution in [1.29, 1.82) is 0 Å². The molecule has 0 amide bonds. The van der Waals surface area contributed by atoms with E-state index in [0.717, 1.165) is 16.5 Å². The lowest BCUT2D eigenvalue weighted by Crippen LogP contribution is -2.12. The number of pyridine rings is 1. The predicted octanol–water partition coefficient (Wildman–Crippen LogP) is 1.99. The van der Waals surface area contributed by atoms with Gasteiger partial charge in [-0.15, -0.1) is 0 Å². The van der Waals surface area contributed by atoms with E-state index in [4.69, 9.17) is 5.73 Å². The molecule has 3 nitrogen and oxygen atoms in total. The second kappa shape index (κ2) is 4.26. The van der Waals surface area contributed by atoms with Crippen molar-refractivity contribution in [3.8, 4) is 0 Å². The van der Waals surface area contributed by atoms with E-state index in [1.807, 2.05) is 30.3 Å². The van der Waals surface area contributed by atoms with Gasteiger partial charge < -0.3 is 10.8 Å². The lowest BCUT2D eigenvalue weighted by molar-refractivity contribution is 0.185. The number of hydrogen-bond acceptors (Lipinski definition) is 3. The largest absolute Gasteiger partial charge is 0.387 e. The van der Waals surface area contributed by atoms with Crippen LogP contribution in [0.5, 0.6) is 0 Å². The second-order valence-corrected chi connectivity index (χ2v) is 4.06. The Kier molecular flexibility index (Phi) is 3.00. The Morgan fingerprint density at radius 1 is 1.40 bits per heavy atom. The van der Waals surface area contributed by atoms with E-state index in [1.165, 1.54) is 0 Å². The topological polar surface area (TPSA) is 59.1 Å². The van der Waals surface area contributed by atoms with Gasteiger partial charge in [0.1, 0.15) is 4.60 Å². The van der Waals surface area contributed by atoms with E-state index in [1.54, 1.807) is 0 Å². The van der Waals surface area contributed by atoms with Gasteiger partial charge in [-0.3, -0.25) is 0 Å². The molecular formula is C11H11BrN2O. The minimum atomic E-state index is -0.670. The second-order valence-electron chi connectivity index (χ2n) is 3.31.